The number of benzene rings is 2. The van der Waals surface area contributed by atoms with E-state index in [0.29, 0.717) is 11.4 Å². The largest absolute Gasteiger partial charge is 0.240 e. The van der Waals surface area contributed by atoms with Crippen molar-refractivity contribution in [3.8, 4) is 0 Å². The maximum atomic E-state index is 12.3. The second-order valence-electron chi connectivity index (χ2n) is 4.98. The molecule has 0 aliphatic heterocycles. The summed E-state index contributed by atoms with van der Waals surface area (Å²) in [5.74, 6) is 0. The van der Waals surface area contributed by atoms with Crippen LogP contribution in [0.2, 0.25) is 0 Å². The lowest BCUT2D eigenvalue weighted by Gasteiger charge is -2.13. The average molecular weight is 368 g/mol. The average Bonchev–Trinajstić information content (AvgIpc) is 2.48. The lowest BCUT2D eigenvalue weighted by atomic mass is 10.1. The molecule has 0 radical (unpaired) electrons. The van der Waals surface area contributed by atoms with Crippen molar-refractivity contribution in [2.45, 2.75) is 23.6 Å². The van der Waals surface area contributed by atoms with E-state index in [-0.39, 0.29) is 4.83 Å². The van der Waals surface area contributed by atoms with Gasteiger partial charge in [-0.2, -0.15) is 0 Å². The molecule has 0 aromatic heterocycles. The molecule has 2 aromatic rings. The number of halogens is 1. The summed E-state index contributed by atoms with van der Waals surface area (Å²) in [5, 5.41) is 0. The third-order valence-electron chi connectivity index (χ3n) is 3.40. The van der Waals surface area contributed by atoms with Gasteiger partial charge >= 0.3 is 0 Å². The number of nitrogens with one attached hydrogen (secondary N) is 1. The van der Waals surface area contributed by atoms with Crippen LogP contribution in [0.1, 0.15) is 21.5 Å². The lowest BCUT2D eigenvalue weighted by Crippen LogP contribution is -2.27. The molecule has 0 spiro atoms. The zero-order valence-corrected chi connectivity index (χ0v) is 14.4. The summed E-state index contributed by atoms with van der Waals surface area (Å²) >= 11 is 3.51. The number of aryl methyl sites for hydroxylation is 2. The summed E-state index contributed by atoms with van der Waals surface area (Å²) in [4.78, 5) is 0.249. The second kappa shape index (κ2) is 6.73. The minimum atomic E-state index is -3.48. The molecule has 2 rings (SSSR count). The smallest absolute Gasteiger partial charge is 0.210 e. The molecule has 112 valence electrons. The second-order valence-corrected chi connectivity index (χ2v) is 7.85. The van der Waals surface area contributed by atoms with Crippen molar-refractivity contribution in [1.29, 1.82) is 0 Å². The lowest BCUT2D eigenvalue weighted by molar-refractivity contribution is 0.581. The van der Waals surface area contributed by atoms with Crippen molar-refractivity contribution in [3.05, 3.63) is 65.2 Å². The van der Waals surface area contributed by atoms with E-state index in [1.807, 2.05) is 50.2 Å². The van der Waals surface area contributed by atoms with Gasteiger partial charge in [0.2, 0.25) is 10.0 Å². The van der Waals surface area contributed by atoms with Crippen molar-refractivity contribution in [2.24, 2.45) is 0 Å². The highest BCUT2D eigenvalue weighted by atomic mass is 79.9. The summed E-state index contributed by atoms with van der Waals surface area (Å²) in [6.45, 7) is 4.17. The SMILES string of the molecule is Cc1ccc(S(=O)(=O)NCC(Br)c2ccccc2)cc1C. The monoisotopic (exact) mass is 367 g/mol. The van der Waals surface area contributed by atoms with Crippen molar-refractivity contribution in [2.75, 3.05) is 6.54 Å². The summed E-state index contributed by atoms with van der Waals surface area (Å²) < 4.78 is 27.2. The van der Waals surface area contributed by atoms with Crippen LogP contribution < -0.4 is 4.72 Å². The molecule has 2 aromatic carbocycles. The van der Waals surface area contributed by atoms with Crippen LogP contribution in [-0.4, -0.2) is 15.0 Å². The van der Waals surface area contributed by atoms with E-state index in [9.17, 15) is 8.42 Å². The fourth-order valence-corrected chi connectivity index (χ4v) is 3.74. The molecule has 0 heterocycles. The van der Waals surface area contributed by atoms with E-state index < -0.39 is 10.0 Å². The Hall–Kier alpha value is -1.17. The topological polar surface area (TPSA) is 46.2 Å². The highest BCUT2D eigenvalue weighted by molar-refractivity contribution is 9.09. The molecule has 1 N–H and O–H groups in total. The molecule has 0 saturated carbocycles. The van der Waals surface area contributed by atoms with Crippen molar-refractivity contribution >= 4 is 26.0 Å². The van der Waals surface area contributed by atoms with Gasteiger partial charge in [-0.25, -0.2) is 13.1 Å². The Morgan fingerprint density at radius 1 is 1.05 bits per heavy atom. The van der Waals surface area contributed by atoms with E-state index >= 15 is 0 Å². The number of rotatable bonds is 5. The predicted molar refractivity (Wildman–Crippen MR) is 89.2 cm³/mol. The maximum Gasteiger partial charge on any atom is 0.240 e. The first-order chi connectivity index (χ1) is 9.90. The first-order valence-corrected chi connectivity index (χ1v) is 9.06. The van der Waals surface area contributed by atoms with Crippen molar-refractivity contribution < 1.29 is 8.42 Å². The fourth-order valence-electron chi connectivity index (χ4n) is 1.93. The number of sulfonamides is 1. The molecule has 0 aliphatic carbocycles. The normalized spacial score (nSPS) is 13.1. The molecule has 0 aliphatic rings. The van der Waals surface area contributed by atoms with Crippen molar-refractivity contribution in [3.63, 3.8) is 0 Å². The standard InChI is InChI=1S/C16H18BrNO2S/c1-12-8-9-15(10-13(12)2)21(19,20)18-11-16(17)14-6-4-3-5-7-14/h3-10,16,18H,11H2,1-2H3. The summed E-state index contributed by atoms with van der Waals surface area (Å²) in [7, 11) is -3.48. The molecule has 3 nitrogen and oxygen atoms in total. The zero-order chi connectivity index (χ0) is 15.5. The Kier molecular flexibility index (Phi) is 5.19. The van der Waals surface area contributed by atoms with Gasteiger partial charge in [-0.3, -0.25) is 0 Å². The summed E-state index contributed by atoms with van der Waals surface area (Å²) in [6.07, 6.45) is 0. The fraction of sp³-hybridized carbons (Fsp3) is 0.250. The van der Waals surface area contributed by atoms with Gasteiger partial charge in [0.1, 0.15) is 0 Å². The van der Waals surface area contributed by atoms with Crippen LogP contribution in [0.4, 0.5) is 0 Å². The molecular formula is C16H18BrNO2S. The molecule has 0 saturated heterocycles. The van der Waals surface area contributed by atoms with Crippen LogP contribution in [0, 0.1) is 13.8 Å². The van der Waals surface area contributed by atoms with Gasteiger partial charge in [-0.15, -0.1) is 0 Å². The van der Waals surface area contributed by atoms with Gasteiger partial charge in [0.05, 0.1) is 9.72 Å². The summed E-state index contributed by atoms with van der Waals surface area (Å²) in [5.41, 5.74) is 3.09. The van der Waals surface area contributed by atoms with E-state index in [1.54, 1.807) is 12.1 Å². The van der Waals surface area contributed by atoms with Crippen LogP contribution in [0.25, 0.3) is 0 Å². The van der Waals surface area contributed by atoms with Crippen LogP contribution in [0.5, 0.6) is 0 Å². The van der Waals surface area contributed by atoms with Gasteiger partial charge in [-0.1, -0.05) is 52.3 Å². The third-order valence-corrected chi connectivity index (χ3v) is 5.68. The predicted octanol–water partition coefficient (Wildman–Crippen LogP) is 3.72. The van der Waals surface area contributed by atoms with E-state index in [2.05, 4.69) is 20.7 Å². The van der Waals surface area contributed by atoms with Crippen LogP contribution in [0.3, 0.4) is 0 Å². The Morgan fingerprint density at radius 2 is 1.71 bits per heavy atom. The van der Waals surface area contributed by atoms with Gasteiger partial charge in [-0.05, 0) is 42.7 Å². The minimum Gasteiger partial charge on any atom is -0.210 e. The van der Waals surface area contributed by atoms with Crippen molar-refractivity contribution in [1.82, 2.24) is 4.72 Å². The maximum absolute atomic E-state index is 12.3. The molecule has 0 fully saturated rings. The van der Waals surface area contributed by atoms with Crippen LogP contribution in [-0.2, 0) is 10.0 Å². The number of hydrogen-bond donors (Lipinski definition) is 1. The minimum absolute atomic E-state index is 0.0555. The molecule has 0 bridgehead atoms. The van der Waals surface area contributed by atoms with Gasteiger partial charge in [0, 0.05) is 6.54 Å². The molecule has 21 heavy (non-hydrogen) atoms. The molecule has 0 amide bonds. The number of alkyl halides is 1. The summed E-state index contributed by atoms with van der Waals surface area (Å²) in [6, 6.07) is 14.9. The third kappa shape index (κ3) is 4.15. The first kappa shape index (κ1) is 16.2. The molecular weight excluding hydrogens is 350 g/mol. The molecule has 1 atom stereocenters. The number of hydrogen-bond acceptors (Lipinski definition) is 2. The zero-order valence-electron chi connectivity index (χ0n) is 12.0. The Balaban J connectivity index is 2.09. The van der Waals surface area contributed by atoms with E-state index in [0.717, 1.165) is 16.7 Å². The molecule has 1 unspecified atom stereocenters. The highest BCUT2D eigenvalue weighted by Gasteiger charge is 2.17. The quantitative estimate of drug-likeness (QED) is 0.818. The van der Waals surface area contributed by atoms with Crippen LogP contribution in [0.15, 0.2) is 53.4 Å². The Bertz CT molecular complexity index is 714. The highest BCUT2D eigenvalue weighted by Crippen LogP contribution is 2.22. The molecule has 5 heteroatoms. The Labute approximate surface area is 134 Å². The van der Waals surface area contributed by atoms with E-state index in [4.69, 9.17) is 0 Å². The van der Waals surface area contributed by atoms with Gasteiger partial charge in [0.15, 0.2) is 0 Å². The van der Waals surface area contributed by atoms with Gasteiger partial charge < -0.3 is 0 Å². The van der Waals surface area contributed by atoms with E-state index in [1.165, 1.54) is 0 Å². The first-order valence-electron chi connectivity index (χ1n) is 6.66. The Morgan fingerprint density at radius 3 is 2.33 bits per heavy atom. The van der Waals surface area contributed by atoms with Gasteiger partial charge in [0.25, 0.3) is 0 Å². The van der Waals surface area contributed by atoms with Crippen LogP contribution >= 0.6 is 15.9 Å².